The lowest BCUT2D eigenvalue weighted by molar-refractivity contribution is -0.0323. The molecule has 7 heteroatoms. The van der Waals surface area contributed by atoms with Crippen molar-refractivity contribution >= 4 is 5.91 Å². The summed E-state index contributed by atoms with van der Waals surface area (Å²) in [6.45, 7) is 0.526. The molecule has 23 heavy (non-hydrogen) atoms. The van der Waals surface area contributed by atoms with E-state index in [0.717, 1.165) is 5.56 Å². The van der Waals surface area contributed by atoms with Crippen LogP contribution >= 0.6 is 0 Å². The number of ether oxygens (including phenoxy) is 1. The number of rotatable bonds is 3. The minimum atomic E-state index is -0.909. The number of nitrogens with one attached hydrogen (secondary N) is 1. The number of nitrogens with zero attached hydrogens (tertiary/aromatic N) is 2. The van der Waals surface area contributed by atoms with Gasteiger partial charge in [0.2, 0.25) is 0 Å². The van der Waals surface area contributed by atoms with Gasteiger partial charge >= 0.3 is 0 Å². The Morgan fingerprint density at radius 2 is 2.17 bits per heavy atom. The van der Waals surface area contributed by atoms with E-state index in [4.69, 9.17) is 4.74 Å². The fourth-order valence-electron chi connectivity index (χ4n) is 2.64. The Kier molecular flexibility index (Phi) is 4.31. The summed E-state index contributed by atoms with van der Waals surface area (Å²) in [4.78, 5) is 14.0. The highest BCUT2D eigenvalue weighted by Crippen LogP contribution is 2.23. The maximum absolute atomic E-state index is 12.5. The predicted molar refractivity (Wildman–Crippen MR) is 83.1 cm³/mol. The molecule has 2 heterocycles. The van der Waals surface area contributed by atoms with Crippen molar-refractivity contribution < 1.29 is 19.7 Å². The second-order valence-electron chi connectivity index (χ2n) is 5.57. The van der Waals surface area contributed by atoms with Crippen molar-refractivity contribution in [2.75, 3.05) is 20.2 Å². The maximum Gasteiger partial charge on any atom is 0.271 e. The highest BCUT2D eigenvalue weighted by molar-refractivity contribution is 5.93. The number of amides is 1. The van der Waals surface area contributed by atoms with E-state index in [9.17, 15) is 15.0 Å². The fourth-order valence-corrected chi connectivity index (χ4v) is 2.64. The highest BCUT2D eigenvalue weighted by Gasteiger charge is 2.29. The van der Waals surface area contributed by atoms with Gasteiger partial charge in [-0.2, -0.15) is 5.10 Å². The number of hydrogen-bond donors (Lipinski definition) is 3. The lowest BCUT2D eigenvalue weighted by Crippen LogP contribution is -2.49. The molecule has 1 aromatic carbocycles. The monoisotopic (exact) mass is 317 g/mol. The topological polar surface area (TPSA) is 98.7 Å². The Labute approximate surface area is 133 Å². The van der Waals surface area contributed by atoms with Gasteiger partial charge in [0.15, 0.2) is 0 Å². The molecule has 0 bridgehead atoms. The van der Waals surface area contributed by atoms with Crippen LogP contribution in [0.15, 0.2) is 30.3 Å². The molecule has 0 aliphatic carbocycles. The van der Waals surface area contributed by atoms with Crippen LogP contribution in [0.3, 0.4) is 0 Å². The summed E-state index contributed by atoms with van der Waals surface area (Å²) in [6.07, 6.45) is -1.31. The summed E-state index contributed by atoms with van der Waals surface area (Å²) >= 11 is 0. The maximum atomic E-state index is 12.5. The van der Waals surface area contributed by atoms with E-state index < -0.39 is 12.2 Å². The zero-order valence-corrected chi connectivity index (χ0v) is 12.8. The Hall–Kier alpha value is -2.38. The van der Waals surface area contributed by atoms with Crippen molar-refractivity contribution in [3.8, 4) is 17.0 Å². The third-order valence-corrected chi connectivity index (χ3v) is 4.01. The van der Waals surface area contributed by atoms with Crippen LogP contribution in [0.5, 0.6) is 5.75 Å². The van der Waals surface area contributed by atoms with Crippen molar-refractivity contribution in [3.05, 3.63) is 36.0 Å². The van der Waals surface area contributed by atoms with E-state index in [0.29, 0.717) is 30.1 Å². The van der Waals surface area contributed by atoms with Crippen LogP contribution < -0.4 is 4.74 Å². The van der Waals surface area contributed by atoms with E-state index in [1.165, 1.54) is 4.90 Å². The van der Waals surface area contributed by atoms with Gasteiger partial charge in [-0.15, -0.1) is 0 Å². The molecule has 3 N–H and O–H groups in total. The number of aliphatic hydroxyl groups is 2. The van der Waals surface area contributed by atoms with Crippen LogP contribution in [0, 0.1) is 0 Å². The molecule has 0 spiro atoms. The van der Waals surface area contributed by atoms with Gasteiger partial charge in [0.05, 0.1) is 25.0 Å². The molecule has 1 aliphatic heterocycles. The quantitative estimate of drug-likeness (QED) is 0.772. The number of aromatic amines is 1. The van der Waals surface area contributed by atoms with Gasteiger partial charge in [0.25, 0.3) is 5.91 Å². The number of β-amino-alcohol motifs (C(OH)–C–C–N with tert-alkyl or cyclic N) is 1. The molecule has 1 amide bonds. The van der Waals surface area contributed by atoms with Crippen molar-refractivity contribution in [3.63, 3.8) is 0 Å². The number of likely N-dealkylation sites (tertiary alicyclic amines) is 1. The van der Waals surface area contributed by atoms with Gasteiger partial charge in [0.1, 0.15) is 11.4 Å². The molecule has 2 aromatic rings. The first-order valence-electron chi connectivity index (χ1n) is 7.43. The van der Waals surface area contributed by atoms with E-state index in [1.54, 1.807) is 13.2 Å². The molecule has 1 aromatic heterocycles. The number of aromatic nitrogens is 2. The lowest BCUT2D eigenvalue weighted by atomic mass is 10.0. The van der Waals surface area contributed by atoms with Gasteiger partial charge < -0.3 is 19.8 Å². The Bertz CT molecular complexity index is 700. The van der Waals surface area contributed by atoms with Crippen LogP contribution in [0.25, 0.3) is 11.3 Å². The Balaban J connectivity index is 1.77. The van der Waals surface area contributed by atoms with E-state index in [-0.39, 0.29) is 12.5 Å². The molecule has 0 saturated carbocycles. The van der Waals surface area contributed by atoms with Crippen LogP contribution in [0.4, 0.5) is 0 Å². The number of methoxy groups -OCH3 is 1. The third-order valence-electron chi connectivity index (χ3n) is 4.01. The molecule has 0 unspecified atom stereocenters. The number of aliphatic hydroxyl groups excluding tert-OH is 2. The van der Waals surface area contributed by atoms with Crippen molar-refractivity contribution in [1.29, 1.82) is 0 Å². The Morgan fingerprint density at radius 3 is 2.91 bits per heavy atom. The zero-order valence-electron chi connectivity index (χ0n) is 12.8. The summed E-state index contributed by atoms with van der Waals surface area (Å²) in [5.41, 5.74) is 1.84. The normalized spacial score (nSPS) is 21.3. The van der Waals surface area contributed by atoms with Gasteiger partial charge in [-0.1, -0.05) is 12.1 Å². The predicted octanol–water partition coefficient (Wildman–Crippen LogP) is 0.653. The van der Waals surface area contributed by atoms with Crippen LogP contribution in [0.1, 0.15) is 16.9 Å². The molecule has 1 fully saturated rings. The van der Waals surface area contributed by atoms with Gasteiger partial charge in [-0.3, -0.25) is 9.89 Å². The van der Waals surface area contributed by atoms with E-state index in [2.05, 4.69) is 10.2 Å². The largest absolute Gasteiger partial charge is 0.497 e. The molecular weight excluding hydrogens is 298 g/mol. The number of piperidine rings is 1. The summed E-state index contributed by atoms with van der Waals surface area (Å²) < 4.78 is 5.18. The molecule has 0 radical (unpaired) electrons. The van der Waals surface area contributed by atoms with Crippen molar-refractivity contribution in [2.24, 2.45) is 0 Å². The molecule has 1 saturated heterocycles. The molecule has 122 valence electrons. The molecule has 7 nitrogen and oxygen atoms in total. The zero-order chi connectivity index (χ0) is 16.4. The molecule has 2 atom stereocenters. The summed E-state index contributed by atoms with van der Waals surface area (Å²) in [5, 5.41) is 26.1. The average Bonchev–Trinajstić information content (AvgIpc) is 3.07. The number of H-pyrrole nitrogens is 1. The van der Waals surface area contributed by atoms with Crippen LogP contribution in [-0.4, -0.2) is 63.6 Å². The molecule has 3 rings (SSSR count). The van der Waals surface area contributed by atoms with E-state index in [1.807, 2.05) is 24.3 Å². The van der Waals surface area contributed by atoms with Gasteiger partial charge in [-0.25, -0.2) is 0 Å². The first-order valence-corrected chi connectivity index (χ1v) is 7.43. The smallest absolute Gasteiger partial charge is 0.271 e. The minimum absolute atomic E-state index is 0.119. The summed E-state index contributed by atoms with van der Waals surface area (Å²) in [5.74, 6) is 0.476. The minimum Gasteiger partial charge on any atom is -0.497 e. The first kappa shape index (κ1) is 15.5. The van der Waals surface area contributed by atoms with E-state index >= 15 is 0 Å². The molecular formula is C16H19N3O4. The van der Waals surface area contributed by atoms with Crippen molar-refractivity contribution in [2.45, 2.75) is 18.6 Å². The third kappa shape index (κ3) is 3.20. The number of carbonyl (C=O) groups excluding carboxylic acids is 1. The van der Waals surface area contributed by atoms with Gasteiger partial charge in [-0.05, 0) is 24.6 Å². The summed E-state index contributed by atoms with van der Waals surface area (Å²) in [6, 6.07) is 9.09. The first-order chi connectivity index (χ1) is 11.1. The highest BCUT2D eigenvalue weighted by atomic mass is 16.5. The number of benzene rings is 1. The number of hydrogen-bond acceptors (Lipinski definition) is 5. The van der Waals surface area contributed by atoms with Crippen LogP contribution in [0.2, 0.25) is 0 Å². The average molecular weight is 317 g/mol. The molecule has 1 aliphatic rings. The number of carbonyl (C=O) groups is 1. The fraction of sp³-hybridized carbons (Fsp3) is 0.375. The Morgan fingerprint density at radius 1 is 1.35 bits per heavy atom. The van der Waals surface area contributed by atoms with Gasteiger partial charge in [0, 0.05) is 18.7 Å². The second-order valence-corrected chi connectivity index (χ2v) is 5.57. The standard InChI is InChI=1S/C16H19N3O4/c1-23-11-4-2-3-10(7-11)12-8-13(18-17-12)16(22)19-6-5-14(20)15(21)9-19/h2-4,7-8,14-15,20-21H,5-6,9H2,1H3,(H,17,18)/t14-,15-/m0/s1. The second kappa shape index (κ2) is 6.39. The lowest BCUT2D eigenvalue weighted by Gasteiger charge is -2.33. The SMILES string of the molecule is COc1cccc(-c2cc(C(=O)N3CC[C@H](O)[C@@H](O)C3)[nH]n2)c1. The van der Waals surface area contributed by atoms with Crippen molar-refractivity contribution in [1.82, 2.24) is 15.1 Å². The van der Waals surface area contributed by atoms with Crippen LogP contribution in [-0.2, 0) is 0 Å². The summed E-state index contributed by atoms with van der Waals surface area (Å²) in [7, 11) is 1.59.